The molecule has 0 aliphatic carbocycles. The van der Waals surface area contributed by atoms with Crippen molar-refractivity contribution in [2.45, 2.75) is 19.8 Å². The van der Waals surface area contributed by atoms with Crippen LogP contribution in [0.4, 0.5) is 0 Å². The molecule has 2 nitrogen and oxygen atoms in total. The molecular formula is C19H17O2. The second kappa shape index (κ2) is 5.96. The highest BCUT2D eigenvalue weighted by atomic mass is 16.5. The monoisotopic (exact) mass is 277 g/mol. The maximum Gasteiger partial charge on any atom is 0.338 e. The van der Waals surface area contributed by atoms with Crippen molar-refractivity contribution in [1.82, 2.24) is 0 Å². The van der Waals surface area contributed by atoms with Crippen molar-refractivity contribution in [2.75, 3.05) is 6.61 Å². The Morgan fingerprint density at radius 2 is 1.81 bits per heavy atom. The zero-order chi connectivity index (χ0) is 14.7. The lowest BCUT2D eigenvalue weighted by Crippen LogP contribution is -2.06. The van der Waals surface area contributed by atoms with Gasteiger partial charge in [-0.05, 0) is 46.2 Å². The van der Waals surface area contributed by atoms with Gasteiger partial charge in [0.05, 0.1) is 12.2 Å². The van der Waals surface area contributed by atoms with Crippen LogP contribution in [0.25, 0.3) is 21.5 Å². The van der Waals surface area contributed by atoms with Gasteiger partial charge < -0.3 is 4.74 Å². The van der Waals surface area contributed by atoms with Gasteiger partial charge >= 0.3 is 5.97 Å². The van der Waals surface area contributed by atoms with Crippen LogP contribution in [0.5, 0.6) is 0 Å². The fourth-order valence-electron chi connectivity index (χ4n) is 2.37. The first kappa shape index (κ1) is 13.6. The zero-order valence-corrected chi connectivity index (χ0v) is 12.1. The molecule has 21 heavy (non-hydrogen) atoms. The molecule has 0 bridgehead atoms. The van der Waals surface area contributed by atoms with E-state index >= 15 is 0 Å². The summed E-state index contributed by atoms with van der Waals surface area (Å²) in [5.74, 6) is -0.293. The molecule has 2 heteroatoms. The van der Waals surface area contributed by atoms with Gasteiger partial charge in [-0.1, -0.05) is 43.7 Å². The summed E-state index contributed by atoms with van der Waals surface area (Å²) in [6.45, 7) is 2.54. The molecule has 0 N–H and O–H groups in total. The average molecular weight is 277 g/mol. The molecule has 0 heterocycles. The number of ether oxygens (including phenoxy) is 1. The number of fused-ring (bicyclic) bond motifs is 2. The molecule has 0 aromatic heterocycles. The van der Waals surface area contributed by atoms with Gasteiger partial charge in [0, 0.05) is 6.07 Å². The van der Waals surface area contributed by atoms with Crippen molar-refractivity contribution >= 4 is 27.5 Å². The molecular weight excluding hydrogens is 260 g/mol. The Morgan fingerprint density at radius 1 is 1.05 bits per heavy atom. The maximum absolute atomic E-state index is 12.0. The number of benzene rings is 3. The number of rotatable bonds is 4. The Morgan fingerprint density at radius 3 is 2.57 bits per heavy atom. The quantitative estimate of drug-likeness (QED) is 0.391. The molecule has 0 spiro atoms. The molecule has 0 atom stereocenters. The van der Waals surface area contributed by atoms with Crippen LogP contribution in [0, 0.1) is 6.07 Å². The summed E-state index contributed by atoms with van der Waals surface area (Å²) < 4.78 is 5.23. The molecule has 3 rings (SSSR count). The molecule has 0 saturated carbocycles. The van der Waals surface area contributed by atoms with E-state index in [1.165, 1.54) is 5.39 Å². The first-order chi connectivity index (χ1) is 10.3. The van der Waals surface area contributed by atoms with Gasteiger partial charge in [-0.25, -0.2) is 4.79 Å². The number of unbranched alkanes of at least 4 members (excludes halogenated alkanes) is 1. The molecule has 1 radical (unpaired) electrons. The van der Waals surface area contributed by atoms with E-state index in [0.717, 1.165) is 29.0 Å². The normalized spacial score (nSPS) is 10.9. The summed E-state index contributed by atoms with van der Waals surface area (Å²) in [5.41, 5.74) is 0.494. The summed E-state index contributed by atoms with van der Waals surface area (Å²) in [6.07, 6.45) is 1.91. The molecule has 0 fully saturated rings. The van der Waals surface area contributed by atoms with Crippen LogP contribution in [0.2, 0.25) is 0 Å². The van der Waals surface area contributed by atoms with E-state index in [2.05, 4.69) is 37.3 Å². The third-order valence-electron chi connectivity index (χ3n) is 3.57. The fraction of sp³-hybridized carbons (Fsp3) is 0.211. The molecule has 0 saturated heterocycles. The van der Waals surface area contributed by atoms with Crippen LogP contribution in [0.15, 0.2) is 48.5 Å². The van der Waals surface area contributed by atoms with Crippen LogP contribution < -0.4 is 0 Å². The van der Waals surface area contributed by atoms with E-state index in [-0.39, 0.29) is 5.97 Å². The third kappa shape index (κ3) is 2.89. The van der Waals surface area contributed by atoms with E-state index in [1.807, 2.05) is 18.2 Å². The minimum Gasteiger partial charge on any atom is -0.462 e. The molecule has 0 amide bonds. The van der Waals surface area contributed by atoms with Crippen LogP contribution in [-0.2, 0) is 4.74 Å². The van der Waals surface area contributed by atoms with Crippen molar-refractivity contribution in [3.05, 3.63) is 60.2 Å². The first-order valence-electron chi connectivity index (χ1n) is 7.30. The summed E-state index contributed by atoms with van der Waals surface area (Å²) in [7, 11) is 0. The third-order valence-corrected chi connectivity index (χ3v) is 3.57. The predicted octanol–water partition coefficient (Wildman–Crippen LogP) is 4.75. The van der Waals surface area contributed by atoms with Crippen LogP contribution in [0.3, 0.4) is 0 Å². The first-order valence-corrected chi connectivity index (χ1v) is 7.30. The lowest BCUT2D eigenvalue weighted by Gasteiger charge is -2.06. The van der Waals surface area contributed by atoms with Gasteiger partial charge in [0.15, 0.2) is 0 Å². The zero-order valence-electron chi connectivity index (χ0n) is 12.1. The number of hydrogen-bond acceptors (Lipinski definition) is 2. The Hall–Kier alpha value is -2.35. The second-order valence-electron chi connectivity index (χ2n) is 5.15. The topological polar surface area (TPSA) is 26.3 Å². The average Bonchev–Trinajstić information content (AvgIpc) is 2.52. The highest BCUT2D eigenvalue weighted by molar-refractivity contribution is 6.01. The van der Waals surface area contributed by atoms with Crippen molar-refractivity contribution in [3.63, 3.8) is 0 Å². The molecule has 105 valence electrons. The Labute approximate surface area is 124 Å². The lowest BCUT2D eigenvalue weighted by atomic mass is 10.0. The number of carbonyl (C=O) groups is 1. The Kier molecular flexibility index (Phi) is 3.87. The molecule has 3 aromatic carbocycles. The van der Waals surface area contributed by atoms with Crippen molar-refractivity contribution < 1.29 is 9.53 Å². The highest BCUT2D eigenvalue weighted by Crippen LogP contribution is 2.23. The van der Waals surface area contributed by atoms with Gasteiger partial charge in [-0.15, -0.1) is 0 Å². The van der Waals surface area contributed by atoms with Crippen LogP contribution in [-0.4, -0.2) is 12.6 Å². The molecule has 0 aliphatic heterocycles. The van der Waals surface area contributed by atoms with E-state index in [0.29, 0.717) is 12.2 Å². The SMILES string of the molecule is CCCCOC(=O)c1[c]c2cc3ccccc3cc2cc1. The van der Waals surface area contributed by atoms with Crippen LogP contribution >= 0.6 is 0 Å². The van der Waals surface area contributed by atoms with Gasteiger partial charge in [0.25, 0.3) is 0 Å². The minimum absolute atomic E-state index is 0.293. The van der Waals surface area contributed by atoms with Gasteiger partial charge in [0.2, 0.25) is 0 Å². The Bertz CT molecular complexity index is 790. The van der Waals surface area contributed by atoms with Gasteiger partial charge in [-0.2, -0.15) is 0 Å². The van der Waals surface area contributed by atoms with Crippen molar-refractivity contribution in [1.29, 1.82) is 0 Å². The van der Waals surface area contributed by atoms with E-state index in [4.69, 9.17) is 4.74 Å². The van der Waals surface area contributed by atoms with Crippen LogP contribution in [0.1, 0.15) is 30.1 Å². The van der Waals surface area contributed by atoms with E-state index < -0.39 is 0 Å². The molecule has 3 aromatic rings. The minimum atomic E-state index is -0.293. The molecule has 0 aliphatic rings. The Balaban J connectivity index is 1.95. The predicted molar refractivity (Wildman–Crippen MR) is 85.5 cm³/mol. The fourth-order valence-corrected chi connectivity index (χ4v) is 2.37. The summed E-state index contributed by atoms with van der Waals surface area (Å²) >= 11 is 0. The number of esters is 1. The summed E-state index contributed by atoms with van der Waals surface area (Å²) in [5, 5.41) is 4.37. The number of hydrogen-bond donors (Lipinski definition) is 0. The van der Waals surface area contributed by atoms with E-state index in [1.54, 1.807) is 6.07 Å². The van der Waals surface area contributed by atoms with Gasteiger partial charge in [0.1, 0.15) is 0 Å². The lowest BCUT2D eigenvalue weighted by molar-refractivity contribution is 0.0499. The second-order valence-corrected chi connectivity index (χ2v) is 5.15. The van der Waals surface area contributed by atoms with Gasteiger partial charge in [-0.3, -0.25) is 0 Å². The number of carbonyl (C=O) groups excluding carboxylic acids is 1. The molecule has 0 unspecified atom stereocenters. The highest BCUT2D eigenvalue weighted by Gasteiger charge is 2.08. The van der Waals surface area contributed by atoms with Crippen molar-refractivity contribution in [3.8, 4) is 0 Å². The smallest absolute Gasteiger partial charge is 0.338 e. The summed E-state index contributed by atoms with van der Waals surface area (Å²) in [6, 6.07) is 19.3. The van der Waals surface area contributed by atoms with E-state index in [9.17, 15) is 4.79 Å². The standard InChI is InChI=1S/C19H17O2/c1-2-3-10-21-19(20)17-9-8-16-11-14-6-4-5-7-15(14)12-18(16)13-17/h4-9,11-12H,2-3,10H2,1H3. The maximum atomic E-state index is 12.0. The summed E-state index contributed by atoms with van der Waals surface area (Å²) in [4.78, 5) is 12.0. The van der Waals surface area contributed by atoms with Crippen molar-refractivity contribution in [2.24, 2.45) is 0 Å². The largest absolute Gasteiger partial charge is 0.462 e.